The average molecular weight is 254 g/mol. The summed E-state index contributed by atoms with van der Waals surface area (Å²) in [5.74, 6) is 0.196. The molecule has 1 N–H and O–H groups in total. The molecule has 0 fully saturated rings. The Hall–Kier alpha value is -0.830. The lowest BCUT2D eigenvalue weighted by Gasteiger charge is -2.17. The van der Waals surface area contributed by atoms with Gasteiger partial charge in [0, 0.05) is 19.5 Å². The summed E-state index contributed by atoms with van der Waals surface area (Å²) in [5, 5.41) is 2.99. The number of unbranched alkanes of at least 4 members (excludes halogenated alkanes) is 2. The number of carbonyl (C=O) groups is 1. The molecule has 0 atom stereocenters. The summed E-state index contributed by atoms with van der Waals surface area (Å²) in [6, 6.07) is 0. The standard InChI is InChI=1S/C15H30N2O/c1-4-7-8-9-10-11-12-15(18)16-13-14-17(5-2)6-3/h7-8H,4-6,9-14H2,1-3H3,(H,16,18)/b8-7+. The number of amides is 1. The van der Waals surface area contributed by atoms with Crippen molar-refractivity contribution in [3.63, 3.8) is 0 Å². The lowest BCUT2D eigenvalue weighted by molar-refractivity contribution is -0.121. The number of likely N-dealkylation sites (N-methyl/N-ethyl adjacent to an activating group) is 1. The van der Waals surface area contributed by atoms with Gasteiger partial charge in [-0.2, -0.15) is 0 Å². The van der Waals surface area contributed by atoms with E-state index in [0.29, 0.717) is 6.42 Å². The number of allylic oxidation sites excluding steroid dienone is 2. The van der Waals surface area contributed by atoms with E-state index in [1.807, 2.05) is 0 Å². The quantitative estimate of drug-likeness (QED) is 0.454. The molecule has 0 rings (SSSR count). The van der Waals surface area contributed by atoms with Crippen LogP contribution in [0.5, 0.6) is 0 Å². The normalized spacial score (nSPS) is 11.3. The van der Waals surface area contributed by atoms with Crippen molar-refractivity contribution in [3.8, 4) is 0 Å². The number of carbonyl (C=O) groups excluding carboxylic acids is 1. The summed E-state index contributed by atoms with van der Waals surface area (Å²) >= 11 is 0. The second-order valence-corrected chi connectivity index (χ2v) is 4.50. The zero-order valence-electron chi connectivity index (χ0n) is 12.4. The van der Waals surface area contributed by atoms with Crippen molar-refractivity contribution >= 4 is 5.91 Å². The fraction of sp³-hybridized carbons (Fsp3) is 0.800. The number of hydrogen-bond donors (Lipinski definition) is 1. The first kappa shape index (κ1) is 17.2. The van der Waals surface area contributed by atoms with E-state index in [1.54, 1.807) is 0 Å². The second kappa shape index (κ2) is 12.6. The molecule has 0 unspecified atom stereocenters. The molecule has 0 radical (unpaired) electrons. The Bertz CT molecular complexity index is 223. The summed E-state index contributed by atoms with van der Waals surface area (Å²) in [5.41, 5.74) is 0. The molecule has 0 saturated carbocycles. The molecule has 1 amide bonds. The molecule has 0 bridgehead atoms. The SMILES string of the molecule is CC/C=C/CCCCC(=O)NCCN(CC)CC. The number of rotatable bonds is 11. The van der Waals surface area contributed by atoms with Gasteiger partial charge < -0.3 is 10.2 Å². The van der Waals surface area contributed by atoms with E-state index in [2.05, 4.69) is 43.1 Å². The highest BCUT2D eigenvalue weighted by Crippen LogP contribution is 2.01. The number of hydrogen-bond acceptors (Lipinski definition) is 2. The first-order valence-electron chi connectivity index (χ1n) is 7.38. The number of nitrogens with zero attached hydrogens (tertiary/aromatic N) is 1. The van der Waals surface area contributed by atoms with E-state index in [9.17, 15) is 4.79 Å². The zero-order valence-corrected chi connectivity index (χ0v) is 12.4. The van der Waals surface area contributed by atoms with Crippen molar-refractivity contribution in [2.45, 2.75) is 52.9 Å². The third kappa shape index (κ3) is 10.3. The van der Waals surface area contributed by atoms with Gasteiger partial charge in [0.25, 0.3) is 0 Å². The summed E-state index contributed by atoms with van der Waals surface area (Å²) in [6.07, 6.45) is 9.36. The Balaban J connectivity index is 3.40. The third-order valence-electron chi connectivity index (χ3n) is 3.07. The average Bonchev–Trinajstić information content (AvgIpc) is 2.39. The summed E-state index contributed by atoms with van der Waals surface area (Å²) < 4.78 is 0. The van der Waals surface area contributed by atoms with Crippen LogP contribution in [-0.2, 0) is 4.79 Å². The molecule has 0 heterocycles. The van der Waals surface area contributed by atoms with Crippen LogP contribution in [0.4, 0.5) is 0 Å². The fourth-order valence-electron chi connectivity index (χ4n) is 1.81. The Morgan fingerprint density at radius 3 is 2.44 bits per heavy atom. The summed E-state index contributed by atoms with van der Waals surface area (Å²) in [4.78, 5) is 13.9. The van der Waals surface area contributed by atoms with Gasteiger partial charge in [-0.1, -0.05) is 32.9 Å². The van der Waals surface area contributed by atoms with Crippen molar-refractivity contribution in [1.29, 1.82) is 0 Å². The Kier molecular flexibility index (Phi) is 12.0. The monoisotopic (exact) mass is 254 g/mol. The predicted octanol–water partition coefficient (Wildman–Crippen LogP) is 2.97. The van der Waals surface area contributed by atoms with Crippen LogP contribution in [0.3, 0.4) is 0 Å². The van der Waals surface area contributed by atoms with Crippen LogP contribution in [-0.4, -0.2) is 37.0 Å². The molecule has 0 aliphatic carbocycles. The molecule has 0 aromatic heterocycles. The van der Waals surface area contributed by atoms with Crippen molar-refractivity contribution in [2.75, 3.05) is 26.2 Å². The lowest BCUT2D eigenvalue weighted by atomic mass is 10.2. The van der Waals surface area contributed by atoms with Crippen LogP contribution in [0, 0.1) is 0 Å². The van der Waals surface area contributed by atoms with Crippen molar-refractivity contribution in [3.05, 3.63) is 12.2 Å². The summed E-state index contributed by atoms with van der Waals surface area (Å²) in [6.45, 7) is 10.3. The van der Waals surface area contributed by atoms with Crippen LogP contribution in [0.15, 0.2) is 12.2 Å². The van der Waals surface area contributed by atoms with Gasteiger partial charge in [-0.25, -0.2) is 0 Å². The molecular weight excluding hydrogens is 224 g/mol. The first-order chi connectivity index (χ1) is 8.74. The highest BCUT2D eigenvalue weighted by molar-refractivity contribution is 5.75. The first-order valence-corrected chi connectivity index (χ1v) is 7.38. The topological polar surface area (TPSA) is 32.3 Å². The van der Waals surface area contributed by atoms with Crippen molar-refractivity contribution in [1.82, 2.24) is 10.2 Å². The van der Waals surface area contributed by atoms with Gasteiger partial charge in [-0.3, -0.25) is 4.79 Å². The zero-order chi connectivity index (χ0) is 13.6. The van der Waals surface area contributed by atoms with Gasteiger partial charge in [-0.05, 0) is 38.8 Å². The molecule has 106 valence electrons. The van der Waals surface area contributed by atoms with Crippen LogP contribution >= 0.6 is 0 Å². The minimum atomic E-state index is 0.196. The van der Waals surface area contributed by atoms with Crippen LogP contribution in [0.1, 0.15) is 52.9 Å². The van der Waals surface area contributed by atoms with E-state index >= 15 is 0 Å². The van der Waals surface area contributed by atoms with Gasteiger partial charge >= 0.3 is 0 Å². The van der Waals surface area contributed by atoms with Crippen LogP contribution < -0.4 is 5.32 Å². The third-order valence-corrected chi connectivity index (χ3v) is 3.07. The fourth-order valence-corrected chi connectivity index (χ4v) is 1.81. The highest BCUT2D eigenvalue weighted by Gasteiger charge is 2.02. The minimum absolute atomic E-state index is 0.196. The van der Waals surface area contributed by atoms with E-state index in [0.717, 1.165) is 51.9 Å². The maximum absolute atomic E-state index is 11.5. The largest absolute Gasteiger partial charge is 0.355 e. The Morgan fingerprint density at radius 1 is 1.11 bits per heavy atom. The molecule has 0 aromatic rings. The van der Waals surface area contributed by atoms with E-state index < -0.39 is 0 Å². The lowest BCUT2D eigenvalue weighted by Crippen LogP contribution is -2.34. The Labute approximate surface area is 113 Å². The maximum atomic E-state index is 11.5. The van der Waals surface area contributed by atoms with Gasteiger partial charge in [0.15, 0.2) is 0 Å². The maximum Gasteiger partial charge on any atom is 0.220 e. The summed E-state index contributed by atoms with van der Waals surface area (Å²) in [7, 11) is 0. The van der Waals surface area contributed by atoms with Gasteiger partial charge in [-0.15, -0.1) is 0 Å². The molecular formula is C15H30N2O. The minimum Gasteiger partial charge on any atom is -0.355 e. The van der Waals surface area contributed by atoms with Crippen molar-refractivity contribution < 1.29 is 4.79 Å². The van der Waals surface area contributed by atoms with Crippen molar-refractivity contribution in [2.24, 2.45) is 0 Å². The highest BCUT2D eigenvalue weighted by atomic mass is 16.1. The molecule has 0 spiro atoms. The molecule has 0 saturated heterocycles. The Morgan fingerprint density at radius 2 is 1.83 bits per heavy atom. The molecule has 0 aromatic carbocycles. The van der Waals surface area contributed by atoms with Crippen LogP contribution in [0.2, 0.25) is 0 Å². The smallest absolute Gasteiger partial charge is 0.220 e. The van der Waals surface area contributed by atoms with Crippen LogP contribution in [0.25, 0.3) is 0 Å². The number of nitrogens with one attached hydrogen (secondary N) is 1. The van der Waals surface area contributed by atoms with E-state index in [1.165, 1.54) is 0 Å². The molecule has 18 heavy (non-hydrogen) atoms. The van der Waals surface area contributed by atoms with Gasteiger partial charge in [0.05, 0.1) is 0 Å². The van der Waals surface area contributed by atoms with Gasteiger partial charge in [0.2, 0.25) is 5.91 Å². The molecule has 3 nitrogen and oxygen atoms in total. The molecule has 3 heteroatoms. The predicted molar refractivity (Wildman–Crippen MR) is 78.7 cm³/mol. The molecule has 0 aliphatic heterocycles. The molecule has 0 aliphatic rings. The second-order valence-electron chi connectivity index (χ2n) is 4.50. The van der Waals surface area contributed by atoms with E-state index in [4.69, 9.17) is 0 Å². The van der Waals surface area contributed by atoms with E-state index in [-0.39, 0.29) is 5.91 Å². The van der Waals surface area contributed by atoms with Gasteiger partial charge in [0.1, 0.15) is 0 Å².